The summed E-state index contributed by atoms with van der Waals surface area (Å²) < 4.78 is 2.60. The summed E-state index contributed by atoms with van der Waals surface area (Å²) in [6.45, 7) is 24.9. The average molecular weight is 924 g/mol. The van der Waals surface area contributed by atoms with Crippen molar-refractivity contribution in [1.29, 1.82) is 0 Å². The van der Waals surface area contributed by atoms with Crippen LogP contribution in [-0.2, 0) is 42.2 Å². The second-order valence-electron chi connectivity index (χ2n) is 18.2. The van der Waals surface area contributed by atoms with Crippen molar-refractivity contribution in [3.05, 3.63) is 107 Å². The van der Waals surface area contributed by atoms with Gasteiger partial charge in [-0.1, -0.05) is 147 Å². The van der Waals surface area contributed by atoms with Crippen molar-refractivity contribution in [2.75, 3.05) is 0 Å². The average Bonchev–Trinajstić information content (AvgIpc) is 3.50. The van der Waals surface area contributed by atoms with Crippen molar-refractivity contribution >= 4 is 65.7 Å². The van der Waals surface area contributed by atoms with E-state index in [1.54, 1.807) is 0 Å². The minimum Gasteiger partial charge on any atom is -0.512 e. The Kier molecular flexibility index (Phi) is 11.4. The van der Waals surface area contributed by atoms with E-state index in [2.05, 4.69) is 132 Å². The molecule has 7 aromatic rings. The number of allylic oxidation sites excluding steroid dienone is 2. The van der Waals surface area contributed by atoms with Crippen LogP contribution in [0.15, 0.2) is 84.6 Å². The first kappa shape index (κ1) is 41.6. The maximum atomic E-state index is 11.7. The molecule has 0 spiro atoms. The van der Waals surface area contributed by atoms with Crippen molar-refractivity contribution in [2.45, 2.75) is 119 Å². The Hall–Kier alpha value is -4.05. The summed E-state index contributed by atoms with van der Waals surface area (Å²) in [5, 5.41) is 17.3. The third-order valence-corrected chi connectivity index (χ3v) is 13.1. The van der Waals surface area contributed by atoms with E-state index in [4.69, 9.17) is 4.98 Å². The molecule has 0 bridgehead atoms. The Morgan fingerprint density at radius 3 is 1.95 bits per heavy atom. The van der Waals surface area contributed by atoms with Crippen LogP contribution in [0.1, 0.15) is 119 Å². The Bertz CT molecular complexity index is 2650. The molecule has 1 radical (unpaired) electrons. The van der Waals surface area contributed by atoms with Crippen molar-refractivity contribution in [1.82, 2.24) is 9.38 Å². The number of aliphatic hydroxyl groups excluding tert-OH is 1. The van der Waals surface area contributed by atoms with Gasteiger partial charge in [-0.05, 0) is 77.1 Å². The molecule has 0 unspecified atom stereocenters. The van der Waals surface area contributed by atoms with Crippen LogP contribution >= 0.6 is 0 Å². The number of nitrogens with zero attached hydrogens (tertiary/aromatic N) is 2. The largest absolute Gasteiger partial charge is 0.512 e. The monoisotopic (exact) mass is 924 g/mol. The van der Waals surface area contributed by atoms with Gasteiger partial charge in [0.05, 0.1) is 11.3 Å². The number of hydrogen-bond donors (Lipinski definition) is 1. The molecule has 0 saturated carbocycles. The number of para-hydroxylation sites is 2. The van der Waals surface area contributed by atoms with Gasteiger partial charge in [-0.25, -0.2) is 0 Å². The van der Waals surface area contributed by atoms with E-state index in [0.717, 1.165) is 48.5 Å². The zero-order valence-corrected chi connectivity index (χ0v) is 37.7. The summed E-state index contributed by atoms with van der Waals surface area (Å²) in [5.41, 5.74) is 10.2. The first-order valence-corrected chi connectivity index (χ1v) is 20.6. The molecule has 4 aromatic carbocycles. The molecular formula is C51H59IrN2O2-. The van der Waals surface area contributed by atoms with Gasteiger partial charge in [0.15, 0.2) is 5.78 Å². The van der Waals surface area contributed by atoms with Crippen LogP contribution in [0.4, 0.5) is 0 Å². The maximum Gasteiger partial charge on any atom is 0.162 e. The van der Waals surface area contributed by atoms with Gasteiger partial charge in [-0.2, -0.15) is 0 Å². The van der Waals surface area contributed by atoms with E-state index in [1.165, 1.54) is 66.2 Å². The molecule has 0 saturated heterocycles. The van der Waals surface area contributed by atoms with Gasteiger partial charge in [-0.3, -0.25) is 9.78 Å². The molecule has 0 fully saturated rings. The topological polar surface area (TPSA) is 54.6 Å². The van der Waals surface area contributed by atoms with Crippen LogP contribution in [0.3, 0.4) is 0 Å². The number of benzene rings is 4. The molecule has 1 aliphatic carbocycles. The molecular weight excluding hydrogens is 865 g/mol. The fourth-order valence-corrected chi connectivity index (χ4v) is 9.47. The summed E-state index contributed by atoms with van der Waals surface area (Å²) in [5.74, 6) is 0.547. The molecule has 1 aliphatic rings. The Balaban J connectivity index is 0.000000286. The molecule has 4 nitrogen and oxygen atoms in total. The van der Waals surface area contributed by atoms with Crippen LogP contribution in [0, 0.1) is 23.3 Å². The molecule has 56 heavy (non-hydrogen) atoms. The summed E-state index contributed by atoms with van der Waals surface area (Å²) in [4.78, 5) is 17.2. The van der Waals surface area contributed by atoms with Crippen molar-refractivity contribution in [3.8, 4) is 0 Å². The predicted molar refractivity (Wildman–Crippen MR) is 235 cm³/mol. The van der Waals surface area contributed by atoms with Gasteiger partial charge in [-0.15, -0.1) is 17.5 Å². The number of pyridine rings is 2. The van der Waals surface area contributed by atoms with Gasteiger partial charge in [0.1, 0.15) is 0 Å². The standard InChI is InChI=1S/C38H35N2.C13H24O2.Ir/c1-36(2,3)21-27-23-15-9-8-14-22(23)20-26-33-30-31(24-16-10-12-18-28(24)39-33)37(4,5)38(6,7)32-25-17-11-13-19-29(25)40(34(26)27)35(30)32;1-5-10(6-2)12(14)9-13(15)11(7-3)8-4;/h8-19H,21H2,1-7H3;9-11,14H,5-8H2,1-4H3;/q-1;;/b;12-9-;. The minimum atomic E-state index is -0.121. The SMILES string of the molecule is CC(C)(C)Cc1c2ccccc2[c-]c2c3nc4ccccc4c4c3c3c(c5ccccc5n3c12)C(C)(C)C4(C)C.CCC(CC)C(=O)/C=C(\O)C(CC)CC.[Ir]. The molecule has 0 amide bonds. The zero-order chi connectivity index (χ0) is 39.6. The molecule has 1 N–H and O–H groups in total. The zero-order valence-electron chi connectivity index (χ0n) is 35.3. The third-order valence-electron chi connectivity index (χ3n) is 13.1. The van der Waals surface area contributed by atoms with Crippen LogP contribution < -0.4 is 0 Å². The molecule has 8 rings (SSSR count). The second kappa shape index (κ2) is 15.4. The molecule has 3 heterocycles. The number of carbonyl (C=O) groups excluding carboxylic acids is 1. The molecule has 0 atom stereocenters. The first-order valence-electron chi connectivity index (χ1n) is 20.6. The Morgan fingerprint density at radius 2 is 1.32 bits per heavy atom. The van der Waals surface area contributed by atoms with E-state index in [9.17, 15) is 9.90 Å². The molecule has 3 aromatic heterocycles. The Morgan fingerprint density at radius 1 is 0.768 bits per heavy atom. The molecule has 0 aliphatic heterocycles. The normalized spacial score (nSPS) is 15.1. The van der Waals surface area contributed by atoms with Crippen LogP contribution in [0.25, 0.3) is 59.9 Å². The first-order chi connectivity index (χ1) is 26.1. The van der Waals surface area contributed by atoms with Crippen LogP contribution in [-0.4, -0.2) is 20.3 Å². The Labute approximate surface area is 347 Å². The van der Waals surface area contributed by atoms with Gasteiger partial charge in [0.2, 0.25) is 0 Å². The van der Waals surface area contributed by atoms with Gasteiger partial charge in [0, 0.05) is 70.8 Å². The van der Waals surface area contributed by atoms with E-state index in [-0.39, 0.29) is 59.7 Å². The number of hydrogen-bond acceptors (Lipinski definition) is 3. The fraction of sp³-hybridized carbons (Fsp3) is 0.412. The second-order valence-corrected chi connectivity index (χ2v) is 18.2. The molecule has 295 valence electrons. The van der Waals surface area contributed by atoms with E-state index in [0.29, 0.717) is 0 Å². The van der Waals surface area contributed by atoms with Gasteiger partial charge in [0.25, 0.3) is 0 Å². The third kappa shape index (κ3) is 6.57. The maximum absolute atomic E-state index is 11.7. The van der Waals surface area contributed by atoms with E-state index < -0.39 is 0 Å². The fourth-order valence-electron chi connectivity index (χ4n) is 9.47. The van der Waals surface area contributed by atoms with Crippen molar-refractivity contribution in [2.24, 2.45) is 17.3 Å². The van der Waals surface area contributed by atoms with Gasteiger partial charge >= 0.3 is 0 Å². The minimum absolute atomic E-state index is 0. The number of rotatable bonds is 8. The number of aromatic nitrogens is 2. The summed E-state index contributed by atoms with van der Waals surface area (Å²) in [6, 6.07) is 30.5. The van der Waals surface area contributed by atoms with E-state index >= 15 is 0 Å². The predicted octanol–water partition coefficient (Wildman–Crippen LogP) is 13.9. The smallest absolute Gasteiger partial charge is 0.162 e. The van der Waals surface area contributed by atoms with Crippen molar-refractivity contribution < 1.29 is 30.0 Å². The molecule has 5 heteroatoms. The number of ketones is 1. The summed E-state index contributed by atoms with van der Waals surface area (Å²) in [6.07, 6.45) is 5.87. The van der Waals surface area contributed by atoms with Crippen LogP contribution in [0.2, 0.25) is 0 Å². The quantitative estimate of drug-likeness (QED) is 0.0543. The summed E-state index contributed by atoms with van der Waals surface area (Å²) in [7, 11) is 0. The van der Waals surface area contributed by atoms with Crippen LogP contribution in [0.5, 0.6) is 0 Å². The van der Waals surface area contributed by atoms with E-state index in [1.807, 2.05) is 27.7 Å². The van der Waals surface area contributed by atoms with Crippen molar-refractivity contribution in [3.63, 3.8) is 0 Å². The number of carbonyl (C=O) groups is 1. The number of aliphatic hydroxyl groups is 1. The number of fused-ring (bicyclic) bond motifs is 9. The summed E-state index contributed by atoms with van der Waals surface area (Å²) >= 11 is 0. The van der Waals surface area contributed by atoms with Gasteiger partial charge < -0.3 is 9.51 Å².